The number of carbonyl (C=O) groups excluding carboxylic acids is 1. The minimum Gasteiger partial charge on any atom is -0.476 e. The number of anilines is 2. The first-order valence-corrected chi connectivity index (χ1v) is 5.97. The highest BCUT2D eigenvalue weighted by Gasteiger charge is 2.20. The fraction of sp³-hybridized carbons (Fsp3) is 0.545. The normalized spacial score (nSPS) is 18.5. The lowest BCUT2D eigenvalue weighted by molar-refractivity contribution is -0.119. The molecule has 0 saturated carbocycles. The Morgan fingerprint density at radius 3 is 3.11 bits per heavy atom. The van der Waals surface area contributed by atoms with Crippen LogP contribution in [0.2, 0.25) is 0 Å². The van der Waals surface area contributed by atoms with Crippen LogP contribution in [0.3, 0.4) is 0 Å². The summed E-state index contributed by atoms with van der Waals surface area (Å²) in [5.74, 6) is 1.01. The van der Waals surface area contributed by atoms with Gasteiger partial charge in [0.2, 0.25) is 11.8 Å². The fourth-order valence-electron chi connectivity index (χ4n) is 1.82. The van der Waals surface area contributed by atoms with Gasteiger partial charge in [-0.2, -0.15) is 4.98 Å². The predicted octanol–water partition coefficient (Wildman–Crippen LogP) is 0.148. The Morgan fingerprint density at radius 2 is 2.44 bits per heavy atom. The summed E-state index contributed by atoms with van der Waals surface area (Å²) in [6, 6.07) is 0.127. The van der Waals surface area contributed by atoms with Crippen molar-refractivity contribution in [2.45, 2.75) is 25.8 Å². The number of nitrogen functional groups attached to an aromatic ring is 1. The van der Waals surface area contributed by atoms with Gasteiger partial charge in [0, 0.05) is 19.0 Å². The lowest BCUT2D eigenvalue weighted by Gasteiger charge is -2.14. The van der Waals surface area contributed by atoms with Crippen molar-refractivity contribution in [2.24, 2.45) is 0 Å². The van der Waals surface area contributed by atoms with E-state index in [1.165, 1.54) is 6.33 Å². The molecule has 1 saturated heterocycles. The van der Waals surface area contributed by atoms with Crippen LogP contribution in [0.15, 0.2) is 6.33 Å². The van der Waals surface area contributed by atoms with Gasteiger partial charge in [-0.3, -0.25) is 4.79 Å². The zero-order valence-electron chi connectivity index (χ0n) is 10.3. The van der Waals surface area contributed by atoms with Gasteiger partial charge in [-0.15, -0.1) is 0 Å². The second kappa shape index (κ2) is 5.52. The molecular formula is C11H17N5O2. The van der Waals surface area contributed by atoms with Crippen molar-refractivity contribution < 1.29 is 9.53 Å². The van der Waals surface area contributed by atoms with Crippen LogP contribution in [-0.2, 0) is 4.79 Å². The van der Waals surface area contributed by atoms with Crippen LogP contribution in [0.25, 0.3) is 0 Å². The number of nitrogens with one attached hydrogen (secondary N) is 2. The van der Waals surface area contributed by atoms with Gasteiger partial charge in [0.05, 0.1) is 6.61 Å². The van der Waals surface area contributed by atoms with Gasteiger partial charge in [0.1, 0.15) is 12.0 Å². The average molecular weight is 251 g/mol. The van der Waals surface area contributed by atoms with Gasteiger partial charge in [-0.05, 0) is 13.3 Å². The number of ether oxygens (including phenoxy) is 1. The Balaban J connectivity index is 1.96. The van der Waals surface area contributed by atoms with Gasteiger partial charge in [-0.1, -0.05) is 0 Å². The molecule has 1 aliphatic heterocycles. The summed E-state index contributed by atoms with van der Waals surface area (Å²) in [5.41, 5.74) is 6.27. The van der Waals surface area contributed by atoms with E-state index in [0.717, 1.165) is 6.42 Å². The number of amides is 1. The molecule has 4 N–H and O–H groups in total. The number of carbonyl (C=O) groups is 1. The Bertz CT molecular complexity index is 437. The first kappa shape index (κ1) is 12.4. The molecule has 7 nitrogen and oxygen atoms in total. The molecule has 7 heteroatoms. The van der Waals surface area contributed by atoms with Crippen molar-refractivity contribution in [1.82, 2.24) is 15.3 Å². The van der Waals surface area contributed by atoms with Crippen LogP contribution >= 0.6 is 0 Å². The molecular weight excluding hydrogens is 234 g/mol. The molecule has 18 heavy (non-hydrogen) atoms. The third kappa shape index (κ3) is 2.79. The van der Waals surface area contributed by atoms with Crippen LogP contribution in [0, 0.1) is 0 Å². The van der Waals surface area contributed by atoms with Crippen LogP contribution in [0.4, 0.5) is 11.5 Å². The number of nitrogens with two attached hydrogens (primary N) is 1. The van der Waals surface area contributed by atoms with E-state index >= 15 is 0 Å². The SMILES string of the molecule is CCOc1ncnc(NCC2CCC(=O)N2)c1N. The quantitative estimate of drug-likeness (QED) is 0.688. The molecule has 0 aliphatic carbocycles. The van der Waals surface area contributed by atoms with E-state index < -0.39 is 0 Å². The number of hydrogen-bond donors (Lipinski definition) is 3. The molecule has 0 aromatic carbocycles. The van der Waals surface area contributed by atoms with Crippen LogP contribution < -0.4 is 21.1 Å². The van der Waals surface area contributed by atoms with Crippen LogP contribution in [0.5, 0.6) is 5.88 Å². The van der Waals surface area contributed by atoms with Crippen molar-refractivity contribution in [2.75, 3.05) is 24.2 Å². The van der Waals surface area contributed by atoms with Crippen molar-refractivity contribution in [3.8, 4) is 5.88 Å². The molecule has 2 heterocycles. The lowest BCUT2D eigenvalue weighted by atomic mass is 10.2. The van der Waals surface area contributed by atoms with Crippen molar-refractivity contribution in [3.05, 3.63) is 6.33 Å². The topological polar surface area (TPSA) is 102 Å². The molecule has 98 valence electrons. The minimum atomic E-state index is 0.0902. The molecule has 1 aromatic heterocycles. The summed E-state index contributed by atoms with van der Waals surface area (Å²) in [6.07, 6.45) is 2.81. The Morgan fingerprint density at radius 1 is 1.61 bits per heavy atom. The van der Waals surface area contributed by atoms with E-state index in [4.69, 9.17) is 10.5 Å². The average Bonchev–Trinajstić information content (AvgIpc) is 2.77. The first-order chi connectivity index (χ1) is 8.70. The molecule has 1 atom stereocenters. The third-order valence-electron chi connectivity index (χ3n) is 2.73. The standard InChI is InChI=1S/C11H17N5O2/c1-2-18-11-9(12)10(14-6-15-11)13-5-7-3-4-8(17)16-7/h6-7H,2-5,12H2,1H3,(H,16,17)(H,13,14,15). The number of hydrogen-bond acceptors (Lipinski definition) is 6. The van der Waals surface area contributed by atoms with Gasteiger partial charge in [-0.25, -0.2) is 4.98 Å². The molecule has 1 fully saturated rings. The van der Waals surface area contributed by atoms with E-state index in [9.17, 15) is 4.79 Å². The molecule has 0 spiro atoms. The monoisotopic (exact) mass is 251 g/mol. The predicted molar refractivity (Wildman–Crippen MR) is 67.3 cm³/mol. The molecule has 0 radical (unpaired) electrons. The highest BCUT2D eigenvalue weighted by Crippen LogP contribution is 2.24. The van der Waals surface area contributed by atoms with E-state index in [1.807, 2.05) is 6.92 Å². The van der Waals surface area contributed by atoms with Gasteiger partial charge < -0.3 is 21.1 Å². The molecule has 2 rings (SSSR count). The van der Waals surface area contributed by atoms with Crippen LogP contribution in [-0.4, -0.2) is 35.1 Å². The van der Waals surface area contributed by atoms with Gasteiger partial charge in [0.25, 0.3) is 0 Å². The van der Waals surface area contributed by atoms with E-state index in [1.54, 1.807) is 0 Å². The van der Waals surface area contributed by atoms with Gasteiger partial charge >= 0.3 is 0 Å². The summed E-state index contributed by atoms with van der Waals surface area (Å²) in [4.78, 5) is 19.1. The zero-order chi connectivity index (χ0) is 13.0. The lowest BCUT2D eigenvalue weighted by Crippen LogP contribution is -2.32. The maximum Gasteiger partial charge on any atom is 0.242 e. The summed E-state index contributed by atoms with van der Waals surface area (Å²) in [5, 5.41) is 5.97. The third-order valence-corrected chi connectivity index (χ3v) is 2.73. The summed E-state index contributed by atoms with van der Waals surface area (Å²) in [6.45, 7) is 2.96. The van der Waals surface area contributed by atoms with E-state index in [2.05, 4.69) is 20.6 Å². The Hall–Kier alpha value is -2.05. The molecule has 1 aliphatic rings. The minimum absolute atomic E-state index is 0.0902. The maximum atomic E-state index is 11.1. The first-order valence-electron chi connectivity index (χ1n) is 5.97. The number of aromatic nitrogens is 2. The van der Waals surface area contributed by atoms with Crippen molar-refractivity contribution in [3.63, 3.8) is 0 Å². The highest BCUT2D eigenvalue weighted by molar-refractivity contribution is 5.78. The molecule has 0 bridgehead atoms. The summed E-state index contributed by atoms with van der Waals surface area (Å²) >= 11 is 0. The Labute approximate surface area is 105 Å². The molecule has 1 unspecified atom stereocenters. The summed E-state index contributed by atoms with van der Waals surface area (Å²) < 4.78 is 5.28. The second-order valence-electron chi connectivity index (χ2n) is 4.06. The molecule has 1 aromatic rings. The maximum absolute atomic E-state index is 11.1. The Kier molecular flexibility index (Phi) is 3.81. The fourth-order valence-corrected chi connectivity index (χ4v) is 1.82. The second-order valence-corrected chi connectivity index (χ2v) is 4.06. The zero-order valence-corrected chi connectivity index (χ0v) is 10.3. The largest absolute Gasteiger partial charge is 0.476 e. The van der Waals surface area contributed by atoms with Crippen molar-refractivity contribution >= 4 is 17.4 Å². The van der Waals surface area contributed by atoms with E-state index in [0.29, 0.717) is 37.0 Å². The van der Waals surface area contributed by atoms with Crippen LogP contribution in [0.1, 0.15) is 19.8 Å². The molecule has 1 amide bonds. The van der Waals surface area contributed by atoms with E-state index in [-0.39, 0.29) is 11.9 Å². The van der Waals surface area contributed by atoms with Gasteiger partial charge in [0.15, 0.2) is 5.82 Å². The van der Waals surface area contributed by atoms with Crippen molar-refractivity contribution in [1.29, 1.82) is 0 Å². The highest BCUT2D eigenvalue weighted by atomic mass is 16.5. The smallest absolute Gasteiger partial charge is 0.242 e. The number of rotatable bonds is 5. The number of nitrogens with zero attached hydrogens (tertiary/aromatic N) is 2. The summed E-state index contributed by atoms with van der Waals surface area (Å²) in [7, 11) is 0.